The summed E-state index contributed by atoms with van der Waals surface area (Å²) in [6.45, 7) is 0.849. The number of ether oxygens (including phenoxy) is 1. The van der Waals surface area contributed by atoms with Gasteiger partial charge < -0.3 is 9.84 Å². The summed E-state index contributed by atoms with van der Waals surface area (Å²) in [5.41, 5.74) is 0.448. The van der Waals surface area contributed by atoms with Crippen LogP contribution in [0.5, 0.6) is 0 Å². The second-order valence-electron chi connectivity index (χ2n) is 3.59. The van der Waals surface area contributed by atoms with Gasteiger partial charge >= 0.3 is 12.1 Å². The number of carboxylic acid groups (broad SMARTS) is 1. The van der Waals surface area contributed by atoms with Crippen molar-refractivity contribution in [2.75, 3.05) is 18.1 Å². The maximum absolute atomic E-state index is 11.6. The largest absolute Gasteiger partial charge is 0.478 e. The Morgan fingerprint density at radius 2 is 2.24 bits per heavy atom. The maximum atomic E-state index is 11.6. The predicted molar refractivity (Wildman–Crippen MR) is 64.4 cm³/mol. The number of aromatic carboxylic acids is 1. The average Bonchev–Trinajstić information content (AvgIpc) is 2.29. The van der Waals surface area contributed by atoms with Crippen molar-refractivity contribution in [2.24, 2.45) is 0 Å². The molecule has 1 fully saturated rings. The molecule has 6 heteroatoms. The zero-order chi connectivity index (χ0) is 12.4. The Labute approximate surface area is 106 Å². The van der Waals surface area contributed by atoms with Gasteiger partial charge in [0.1, 0.15) is 0 Å². The second kappa shape index (κ2) is 4.75. The van der Waals surface area contributed by atoms with Crippen molar-refractivity contribution >= 4 is 33.7 Å². The molecule has 17 heavy (non-hydrogen) atoms. The molecule has 0 unspecified atom stereocenters. The van der Waals surface area contributed by atoms with Crippen LogP contribution in [0.25, 0.3) is 0 Å². The summed E-state index contributed by atoms with van der Waals surface area (Å²) >= 11 is 3.26. The Morgan fingerprint density at radius 1 is 1.47 bits per heavy atom. The third-order valence-corrected chi connectivity index (χ3v) is 2.95. The fourth-order valence-electron chi connectivity index (χ4n) is 1.68. The molecule has 1 aromatic rings. The molecule has 0 atom stereocenters. The summed E-state index contributed by atoms with van der Waals surface area (Å²) in [7, 11) is 0. The maximum Gasteiger partial charge on any atom is 0.414 e. The molecule has 1 heterocycles. The topological polar surface area (TPSA) is 66.8 Å². The lowest BCUT2D eigenvalue weighted by Gasteiger charge is -2.27. The second-order valence-corrected chi connectivity index (χ2v) is 4.50. The monoisotopic (exact) mass is 299 g/mol. The van der Waals surface area contributed by atoms with E-state index in [1.165, 1.54) is 11.0 Å². The van der Waals surface area contributed by atoms with Crippen molar-refractivity contribution in [2.45, 2.75) is 6.42 Å². The van der Waals surface area contributed by atoms with Crippen LogP contribution in [0.4, 0.5) is 10.5 Å². The van der Waals surface area contributed by atoms with Crippen LogP contribution in [0.1, 0.15) is 16.8 Å². The van der Waals surface area contributed by atoms with E-state index in [4.69, 9.17) is 9.84 Å². The van der Waals surface area contributed by atoms with Gasteiger partial charge in [-0.2, -0.15) is 0 Å². The number of cyclic esters (lactones) is 1. The first-order valence-corrected chi connectivity index (χ1v) is 5.86. The summed E-state index contributed by atoms with van der Waals surface area (Å²) < 4.78 is 5.62. The minimum Gasteiger partial charge on any atom is -0.478 e. The van der Waals surface area contributed by atoms with Crippen LogP contribution in [0.3, 0.4) is 0 Å². The molecular weight excluding hydrogens is 290 g/mol. The molecule has 1 N–H and O–H groups in total. The van der Waals surface area contributed by atoms with E-state index in [1.54, 1.807) is 12.1 Å². The summed E-state index contributed by atoms with van der Waals surface area (Å²) in [5, 5.41) is 9.08. The molecule has 5 nitrogen and oxygen atoms in total. The minimum absolute atomic E-state index is 0.0899. The molecule has 90 valence electrons. The molecule has 1 amide bonds. The van der Waals surface area contributed by atoms with E-state index in [0.717, 1.165) is 4.47 Å². The van der Waals surface area contributed by atoms with Crippen molar-refractivity contribution in [3.8, 4) is 0 Å². The third kappa shape index (κ3) is 2.41. The molecule has 2 rings (SSSR count). The number of hydrogen-bond acceptors (Lipinski definition) is 3. The van der Waals surface area contributed by atoms with E-state index in [-0.39, 0.29) is 5.56 Å². The SMILES string of the molecule is O=C(O)c1ccc(Br)cc1N1CCCOC1=O. The Hall–Kier alpha value is -1.56. The van der Waals surface area contributed by atoms with E-state index >= 15 is 0 Å². The molecule has 0 bridgehead atoms. The smallest absolute Gasteiger partial charge is 0.414 e. The van der Waals surface area contributed by atoms with Gasteiger partial charge in [-0.1, -0.05) is 15.9 Å². The molecular formula is C11H10BrNO4. The number of carbonyl (C=O) groups excluding carboxylic acids is 1. The van der Waals surface area contributed by atoms with Crippen molar-refractivity contribution in [3.63, 3.8) is 0 Å². The minimum atomic E-state index is -1.06. The molecule has 1 saturated heterocycles. The first kappa shape index (κ1) is 11.9. The van der Waals surface area contributed by atoms with Gasteiger partial charge in [-0.3, -0.25) is 4.90 Å². The van der Waals surface area contributed by atoms with Gasteiger partial charge in [-0.05, 0) is 24.6 Å². The lowest BCUT2D eigenvalue weighted by Crippen LogP contribution is -2.38. The van der Waals surface area contributed by atoms with Crippen molar-refractivity contribution in [1.29, 1.82) is 0 Å². The first-order chi connectivity index (χ1) is 8.09. The van der Waals surface area contributed by atoms with Crippen molar-refractivity contribution in [3.05, 3.63) is 28.2 Å². The number of halogens is 1. The number of anilines is 1. The summed E-state index contributed by atoms with van der Waals surface area (Å²) in [6.07, 6.45) is 0.189. The molecule has 0 radical (unpaired) electrons. The number of nitrogens with zero attached hydrogens (tertiary/aromatic N) is 1. The predicted octanol–water partition coefficient (Wildman–Crippen LogP) is 2.49. The molecule has 0 aromatic heterocycles. The normalized spacial score (nSPS) is 15.6. The zero-order valence-electron chi connectivity index (χ0n) is 8.85. The van der Waals surface area contributed by atoms with Gasteiger partial charge in [0, 0.05) is 11.0 Å². The van der Waals surface area contributed by atoms with Crippen LogP contribution in [0, 0.1) is 0 Å². The van der Waals surface area contributed by atoms with Gasteiger partial charge in [-0.25, -0.2) is 9.59 Å². The van der Waals surface area contributed by atoms with E-state index in [0.29, 0.717) is 25.3 Å². The highest BCUT2D eigenvalue weighted by Crippen LogP contribution is 2.27. The van der Waals surface area contributed by atoms with E-state index in [9.17, 15) is 9.59 Å². The molecule has 1 aliphatic heterocycles. The van der Waals surface area contributed by atoms with Crippen LogP contribution in [0.15, 0.2) is 22.7 Å². The van der Waals surface area contributed by atoms with Crippen molar-refractivity contribution < 1.29 is 19.4 Å². The quantitative estimate of drug-likeness (QED) is 0.911. The van der Waals surface area contributed by atoms with Crippen LogP contribution in [-0.4, -0.2) is 30.3 Å². The highest BCUT2D eigenvalue weighted by Gasteiger charge is 2.25. The van der Waals surface area contributed by atoms with E-state index in [2.05, 4.69) is 15.9 Å². The van der Waals surface area contributed by atoms with Crippen LogP contribution in [-0.2, 0) is 4.74 Å². The average molecular weight is 300 g/mol. The Bertz CT molecular complexity index is 475. The molecule has 1 aliphatic rings. The lowest BCUT2D eigenvalue weighted by molar-refractivity contribution is 0.0697. The number of benzene rings is 1. The summed E-state index contributed by atoms with van der Waals surface area (Å²) in [4.78, 5) is 24.0. The Morgan fingerprint density at radius 3 is 2.88 bits per heavy atom. The Balaban J connectivity index is 2.45. The fraction of sp³-hybridized carbons (Fsp3) is 0.273. The van der Waals surface area contributed by atoms with E-state index in [1.807, 2.05) is 0 Å². The number of amides is 1. The van der Waals surface area contributed by atoms with Gasteiger partial charge in [0.2, 0.25) is 0 Å². The summed E-state index contributed by atoms with van der Waals surface area (Å²) in [6, 6.07) is 4.70. The molecule has 1 aromatic carbocycles. The fourth-order valence-corrected chi connectivity index (χ4v) is 2.03. The standard InChI is InChI=1S/C11H10BrNO4/c12-7-2-3-8(10(14)15)9(6-7)13-4-1-5-17-11(13)16/h2-3,6H,1,4-5H2,(H,14,15). The van der Waals surface area contributed by atoms with Crippen molar-refractivity contribution in [1.82, 2.24) is 0 Å². The van der Waals surface area contributed by atoms with Crippen LogP contribution >= 0.6 is 15.9 Å². The number of rotatable bonds is 2. The summed E-state index contributed by atoms with van der Waals surface area (Å²) in [5.74, 6) is -1.06. The van der Waals surface area contributed by atoms with Crippen LogP contribution in [0.2, 0.25) is 0 Å². The molecule has 0 spiro atoms. The highest BCUT2D eigenvalue weighted by molar-refractivity contribution is 9.10. The number of carboxylic acids is 1. The van der Waals surface area contributed by atoms with Gasteiger partial charge in [0.15, 0.2) is 0 Å². The van der Waals surface area contributed by atoms with E-state index < -0.39 is 12.1 Å². The third-order valence-electron chi connectivity index (χ3n) is 2.45. The lowest BCUT2D eigenvalue weighted by atomic mass is 10.1. The van der Waals surface area contributed by atoms with Crippen LogP contribution < -0.4 is 4.90 Å². The highest BCUT2D eigenvalue weighted by atomic mass is 79.9. The number of hydrogen-bond donors (Lipinski definition) is 1. The van der Waals surface area contributed by atoms with Gasteiger partial charge in [0.05, 0.1) is 17.9 Å². The first-order valence-electron chi connectivity index (χ1n) is 5.07. The van der Waals surface area contributed by atoms with Gasteiger partial charge in [0.25, 0.3) is 0 Å². The molecule has 0 saturated carbocycles. The molecule has 0 aliphatic carbocycles. The van der Waals surface area contributed by atoms with Gasteiger partial charge in [-0.15, -0.1) is 0 Å². The Kier molecular flexibility index (Phi) is 3.33. The number of carbonyl (C=O) groups is 2. The zero-order valence-corrected chi connectivity index (χ0v) is 10.4.